The van der Waals surface area contributed by atoms with Gasteiger partial charge in [-0.1, -0.05) is 13.8 Å². The second-order valence-electron chi connectivity index (χ2n) is 4.62. The largest absolute Gasteiger partial charge is 0.347 e. The zero-order valence-electron chi connectivity index (χ0n) is 10.4. The van der Waals surface area contributed by atoms with Gasteiger partial charge in [0.15, 0.2) is 0 Å². The van der Waals surface area contributed by atoms with Gasteiger partial charge in [0.05, 0.1) is 0 Å². The van der Waals surface area contributed by atoms with Crippen molar-refractivity contribution >= 4 is 12.6 Å². The van der Waals surface area contributed by atoms with Gasteiger partial charge in [-0.3, -0.25) is 4.57 Å². The molecule has 0 saturated heterocycles. The predicted molar refractivity (Wildman–Crippen MR) is 70.2 cm³/mol. The highest BCUT2D eigenvalue weighted by molar-refractivity contribution is 7.80. The Morgan fingerprint density at radius 2 is 2.06 bits per heavy atom. The Morgan fingerprint density at radius 3 is 2.50 bits per heavy atom. The molecule has 1 aromatic rings. The number of nitrogens with zero attached hydrogens (tertiary/aromatic N) is 2. The van der Waals surface area contributed by atoms with Crippen LogP contribution in [0, 0.1) is 25.7 Å². The number of hydrogen-bond acceptors (Lipinski definition) is 3. The van der Waals surface area contributed by atoms with Crippen molar-refractivity contribution in [3.05, 3.63) is 27.9 Å². The molecule has 0 N–H and O–H groups in total. The lowest BCUT2D eigenvalue weighted by Crippen LogP contribution is -2.30. The number of aromatic nitrogens is 2. The molecule has 0 radical (unpaired) electrons. The van der Waals surface area contributed by atoms with Crippen LogP contribution in [0.15, 0.2) is 10.9 Å². The first-order chi connectivity index (χ1) is 7.45. The predicted octanol–water partition coefficient (Wildman–Crippen LogP) is 2.06. The highest BCUT2D eigenvalue weighted by Gasteiger charge is 2.14. The van der Waals surface area contributed by atoms with Crippen LogP contribution in [0.5, 0.6) is 0 Å². The first-order valence-electron chi connectivity index (χ1n) is 5.61. The molecule has 3 nitrogen and oxygen atoms in total. The van der Waals surface area contributed by atoms with E-state index in [2.05, 4.69) is 31.5 Å². The average molecular weight is 240 g/mol. The fourth-order valence-corrected chi connectivity index (χ4v) is 2.25. The number of rotatable bonds is 4. The lowest BCUT2D eigenvalue weighted by molar-refractivity contribution is 0.361. The summed E-state index contributed by atoms with van der Waals surface area (Å²) >= 11 is 4.34. The fourth-order valence-electron chi connectivity index (χ4n) is 1.71. The number of thiol groups is 1. The molecule has 90 valence electrons. The molecule has 1 aromatic heterocycles. The summed E-state index contributed by atoms with van der Waals surface area (Å²) in [6.07, 6.45) is 0. The van der Waals surface area contributed by atoms with Crippen LogP contribution in [0.1, 0.15) is 25.2 Å². The molecule has 1 heterocycles. The molecule has 0 saturated carbocycles. The van der Waals surface area contributed by atoms with Crippen molar-refractivity contribution in [3.8, 4) is 0 Å². The van der Waals surface area contributed by atoms with Crippen molar-refractivity contribution in [3.63, 3.8) is 0 Å². The summed E-state index contributed by atoms with van der Waals surface area (Å²) in [5, 5.41) is 0. The molecule has 0 aliphatic carbocycles. The molecule has 0 spiro atoms. The summed E-state index contributed by atoms with van der Waals surface area (Å²) in [4.78, 5) is 15.7. The zero-order chi connectivity index (χ0) is 12.3. The van der Waals surface area contributed by atoms with Crippen LogP contribution in [0.25, 0.3) is 0 Å². The molecular weight excluding hydrogens is 220 g/mol. The van der Waals surface area contributed by atoms with Gasteiger partial charge in [0.25, 0.3) is 0 Å². The molecule has 0 fully saturated rings. The summed E-state index contributed by atoms with van der Waals surface area (Å²) < 4.78 is 1.74. The van der Waals surface area contributed by atoms with Crippen molar-refractivity contribution in [2.75, 3.05) is 5.75 Å². The smallest absolute Gasteiger partial charge is 0.296 e. The summed E-state index contributed by atoms with van der Waals surface area (Å²) in [5.74, 6) is 1.71. The van der Waals surface area contributed by atoms with Crippen LogP contribution >= 0.6 is 12.6 Å². The average Bonchev–Trinajstić information content (AvgIpc) is 2.15. The van der Waals surface area contributed by atoms with Gasteiger partial charge in [-0.05, 0) is 37.5 Å². The molecule has 1 rings (SSSR count). The lowest BCUT2D eigenvalue weighted by atomic mass is 9.98. The Kier molecular flexibility index (Phi) is 4.59. The van der Waals surface area contributed by atoms with E-state index < -0.39 is 0 Å². The minimum atomic E-state index is -0.148. The fraction of sp³-hybridized carbons (Fsp3) is 0.667. The van der Waals surface area contributed by atoms with Gasteiger partial charge >= 0.3 is 5.69 Å². The second kappa shape index (κ2) is 5.53. The first kappa shape index (κ1) is 13.3. The van der Waals surface area contributed by atoms with Gasteiger partial charge in [-0.15, -0.1) is 0 Å². The van der Waals surface area contributed by atoms with E-state index in [9.17, 15) is 4.79 Å². The van der Waals surface area contributed by atoms with E-state index in [-0.39, 0.29) is 5.69 Å². The summed E-state index contributed by atoms with van der Waals surface area (Å²) in [7, 11) is 0. The van der Waals surface area contributed by atoms with Crippen molar-refractivity contribution in [1.82, 2.24) is 9.55 Å². The monoisotopic (exact) mass is 240 g/mol. The third-order valence-corrected chi connectivity index (χ3v) is 3.41. The van der Waals surface area contributed by atoms with Gasteiger partial charge < -0.3 is 0 Å². The van der Waals surface area contributed by atoms with E-state index in [1.54, 1.807) is 4.57 Å². The molecule has 16 heavy (non-hydrogen) atoms. The minimum Gasteiger partial charge on any atom is -0.296 e. The van der Waals surface area contributed by atoms with Crippen LogP contribution in [-0.2, 0) is 6.54 Å². The number of aryl methyl sites for hydroxylation is 2. The van der Waals surface area contributed by atoms with Crippen LogP contribution in [-0.4, -0.2) is 15.3 Å². The minimum absolute atomic E-state index is 0.148. The molecule has 0 bridgehead atoms. The Labute approximate surface area is 102 Å². The Hall–Kier alpha value is -0.770. The van der Waals surface area contributed by atoms with Gasteiger partial charge in [0, 0.05) is 17.9 Å². The van der Waals surface area contributed by atoms with Crippen LogP contribution in [0.2, 0.25) is 0 Å². The highest BCUT2D eigenvalue weighted by atomic mass is 32.1. The quantitative estimate of drug-likeness (QED) is 0.818. The molecule has 0 aromatic carbocycles. The van der Waals surface area contributed by atoms with Gasteiger partial charge in [0.1, 0.15) is 0 Å². The van der Waals surface area contributed by atoms with Crippen molar-refractivity contribution in [2.45, 2.75) is 34.2 Å². The van der Waals surface area contributed by atoms with Crippen LogP contribution in [0.4, 0.5) is 0 Å². The molecular formula is C12H20N2OS. The maximum absolute atomic E-state index is 11.8. The Bertz CT molecular complexity index is 412. The summed E-state index contributed by atoms with van der Waals surface area (Å²) in [5.41, 5.74) is 1.61. The molecule has 0 amide bonds. The van der Waals surface area contributed by atoms with E-state index >= 15 is 0 Å². The molecule has 1 unspecified atom stereocenters. The summed E-state index contributed by atoms with van der Waals surface area (Å²) in [6, 6.07) is 1.94. The van der Waals surface area contributed by atoms with Crippen molar-refractivity contribution in [1.29, 1.82) is 0 Å². The van der Waals surface area contributed by atoms with Crippen LogP contribution < -0.4 is 5.69 Å². The van der Waals surface area contributed by atoms with Crippen LogP contribution in [0.3, 0.4) is 0 Å². The maximum Gasteiger partial charge on any atom is 0.347 e. The van der Waals surface area contributed by atoms with E-state index in [1.807, 2.05) is 19.9 Å². The molecule has 0 aliphatic heterocycles. The molecule has 4 heteroatoms. The normalized spacial score (nSPS) is 13.1. The van der Waals surface area contributed by atoms with Gasteiger partial charge in [-0.2, -0.15) is 17.6 Å². The topological polar surface area (TPSA) is 34.9 Å². The Morgan fingerprint density at radius 1 is 1.44 bits per heavy atom. The zero-order valence-corrected chi connectivity index (χ0v) is 11.3. The van der Waals surface area contributed by atoms with E-state index in [0.29, 0.717) is 18.4 Å². The van der Waals surface area contributed by atoms with E-state index in [0.717, 1.165) is 17.1 Å². The Balaban J connectivity index is 3.01. The van der Waals surface area contributed by atoms with Crippen molar-refractivity contribution in [2.24, 2.45) is 11.8 Å². The van der Waals surface area contributed by atoms with Crippen molar-refractivity contribution < 1.29 is 0 Å². The maximum atomic E-state index is 11.8. The van der Waals surface area contributed by atoms with Gasteiger partial charge in [-0.25, -0.2) is 4.79 Å². The third kappa shape index (κ3) is 3.11. The highest BCUT2D eigenvalue weighted by Crippen LogP contribution is 2.15. The SMILES string of the molecule is Cc1cc(C)n(CC(CS)C(C)C)c(=O)n1. The first-order valence-corrected chi connectivity index (χ1v) is 6.25. The number of hydrogen-bond donors (Lipinski definition) is 1. The third-order valence-electron chi connectivity index (χ3n) is 2.94. The van der Waals surface area contributed by atoms with E-state index in [4.69, 9.17) is 0 Å². The standard InChI is InChI=1S/C12H20N2OS/c1-8(2)11(7-16)6-14-10(4)5-9(3)13-12(14)15/h5,8,11,16H,6-7H2,1-4H3. The van der Waals surface area contributed by atoms with Gasteiger partial charge in [0.2, 0.25) is 0 Å². The molecule has 0 aliphatic rings. The summed E-state index contributed by atoms with van der Waals surface area (Å²) in [6.45, 7) is 8.81. The molecule has 1 atom stereocenters. The lowest BCUT2D eigenvalue weighted by Gasteiger charge is -2.20. The van der Waals surface area contributed by atoms with E-state index in [1.165, 1.54) is 0 Å². The second-order valence-corrected chi connectivity index (χ2v) is 4.98.